The Labute approximate surface area is 117 Å². The maximum Gasteiger partial charge on any atom is 0.160 e. The number of carbonyl (C=O) groups excluding carboxylic acids is 1. The summed E-state index contributed by atoms with van der Waals surface area (Å²) in [5.74, 6) is 0.190. The number of rotatable bonds is 3. The monoisotopic (exact) mass is 258 g/mol. The molecule has 19 heavy (non-hydrogen) atoms. The number of hydrogen-bond acceptors (Lipinski definition) is 1. The first-order valence-corrected chi connectivity index (χ1v) is 6.89. The van der Waals surface area contributed by atoms with E-state index < -0.39 is 0 Å². The summed E-state index contributed by atoms with van der Waals surface area (Å²) < 4.78 is 0. The van der Waals surface area contributed by atoms with E-state index in [-0.39, 0.29) is 11.2 Å². The van der Waals surface area contributed by atoms with Crippen LogP contribution in [-0.4, -0.2) is 5.78 Å². The van der Waals surface area contributed by atoms with E-state index in [1.807, 2.05) is 13.8 Å². The molecular weight excluding hydrogens is 232 g/mol. The SMILES string of the molecule is CC(C)=CC(=O)Cc1c(C)cc(C(C)(C)C)cc1C. The predicted octanol–water partition coefficient (Wildman–Crippen LogP) is 4.68. The Morgan fingerprint density at radius 3 is 1.95 bits per heavy atom. The highest BCUT2D eigenvalue weighted by atomic mass is 16.1. The van der Waals surface area contributed by atoms with Gasteiger partial charge in [-0.25, -0.2) is 0 Å². The number of allylic oxidation sites excluding steroid dienone is 2. The van der Waals surface area contributed by atoms with E-state index in [1.165, 1.54) is 22.3 Å². The van der Waals surface area contributed by atoms with Gasteiger partial charge < -0.3 is 0 Å². The van der Waals surface area contributed by atoms with Crippen molar-refractivity contribution in [1.29, 1.82) is 0 Å². The first-order chi connectivity index (χ1) is 8.61. The lowest BCUT2D eigenvalue weighted by Crippen LogP contribution is -2.13. The predicted molar refractivity (Wildman–Crippen MR) is 82.8 cm³/mol. The lowest BCUT2D eigenvalue weighted by atomic mass is 9.83. The first-order valence-electron chi connectivity index (χ1n) is 6.89. The normalized spacial score (nSPS) is 11.3. The summed E-state index contributed by atoms with van der Waals surface area (Å²) in [5.41, 5.74) is 6.17. The van der Waals surface area contributed by atoms with Crippen molar-refractivity contribution in [3.8, 4) is 0 Å². The lowest BCUT2D eigenvalue weighted by molar-refractivity contribution is -0.114. The summed E-state index contributed by atoms with van der Waals surface area (Å²) in [6.07, 6.45) is 2.24. The van der Waals surface area contributed by atoms with Gasteiger partial charge in [-0.15, -0.1) is 0 Å². The van der Waals surface area contributed by atoms with Gasteiger partial charge in [0.1, 0.15) is 0 Å². The van der Waals surface area contributed by atoms with Crippen LogP contribution in [0.3, 0.4) is 0 Å². The molecule has 1 nitrogen and oxygen atoms in total. The van der Waals surface area contributed by atoms with Crippen molar-refractivity contribution < 1.29 is 4.79 Å². The van der Waals surface area contributed by atoms with Crippen molar-refractivity contribution in [2.45, 2.75) is 60.3 Å². The molecule has 0 aromatic heterocycles. The first kappa shape index (κ1) is 15.7. The number of benzene rings is 1. The molecule has 1 aromatic rings. The van der Waals surface area contributed by atoms with E-state index in [0.717, 1.165) is 5.57 Å². The van der Waals surface area contributed by atoms with Gasteiger partial charge in [0.15, 0.2) is 5.78 Å². The van der Waals surface area contributed by atoms with E-state index in [4.69, 9.17) is 0 Å². The summed E-state index contributed by atoms with van der Waals surface area (Å²) in [6.45, 7) is 14.8. The molecule has 0 unspecified atom stereocenters. The van der Waals surface area contributed by atoms with Gasteiger partial charge in [0.05, 0.1) is 0 Å². The third-order valence-electron chi connectivity index (χ3n) is 3.36. The molecule has 0 aliphatic carbocycles. The number of carbonyl (C=O) groups is 1. The fourth-order valence-electron chi connectivity index (χ4n) is 2.25. The quantitative estimate of drug-likeness (QED) is 0.719. The molecule has 1 heteroatoms. The molecule has 0 spiro atoms. The van der Waals surface area contributed by atoms with Crippen molar-refractivity contribution in [2.75, 3.05) is 0 Å². The minimum Gasteiger partial charge on any atom is -0.294 e. The van der Waals surface area contributed by atoms with E-state index in [9.17, 15) is 4.79 Å². The minimum absolute atomic E-state index is 0.151. The third kappa shape index (κ3) is 4.34. The molecule has 0 amide bonds. The molecule has 0 N–H and O–H groups in total. The molecule has 1 rings (SSSR count). The van der Waals surface area contributed by atoms with Crippen molar-refractivity contribution in [3.05, 3.63) is 46.0 Å². The fourth-order valence-corrected chi connectivity index (χ4v) is 2.25. The molecule has 0 bridgehead atoms. The highest BCUT2D eigenvalue weighted by molar-refractivity contribution is 5.92. The van der Waals surface area contributed by atoms with Crippen LogP contribution in [0.4, 0.5) is 0 Å². The Hall–Kier alpha value is -1.37. The molecular formula is C18H26O. The molecule has 0 aliphatic heterocycles. The van der Waals surface area contributed by atoms with Crippen LogP contribution in [0.1, 0.15) is 56.9 Å². The summed E-state index contributed by atoms with van der Waals surface area (Å²) in [5, 5.41) is 0. The second kappa shape index (κ2) is 5.73. The van der Waals surface area contributed by atoms with Crippen molar-refractivity contribution in [1.82, 2.24) is 0 Å². The fraction of sp³-hybridized carbons (Fsp3) is 0.500. The Bertz CT molecular complexity index is 486. The van der Waals surface area contributed by atoms with E-state index >= 15 is 0 Å². The van der Waals surface area contributed by atoms with Crippen LogP contribution in [0.2, 0.25) is 0 Å². The smallest absolute Gasteiger partial charge is 0.160 e. The average molecular weight is 258 g/mol. The van der Waals surface area contributed by atoms with Gasteiger partial charge in [-0.05, 0) is 61.4 Å². The van der Waals surface area contributed by atoms with Gasteiger partial charge in [0.2, 0.25) is 0 Å². The Morgan fingerprint density at radius 2 is 1.58 bits per heavy atom. The maximum atomic E-state index is 11.9. The number of aryl methyl sites for hydroxylation is 2. The zero-order valence-electron chi connectivity index (χ0n) is 13.3. The Balaban J connectivity index is 3.12. The molecule has 104 valence electrons. The van der Waals surface area contributed by atoms with Crippen LogP contribution >= 0.6 is 0 Å². The summed E-state index contributed by atoms with van der Waals surface area (Å²) in [4.78, 5) is 11.9. The molecule has 0 aliphatic rings. The average Bonchev–Trinajstić information content (AvgIpc) is 2.20. The van der Waals surface area contributed by atoms with Gasteiger partial charge in [0, 0.05) is 6.42 Å². The largest absolute Gasteiger partial charge is 0.294 e. The second-order valence-corrected chi connectivity index (χ2v) is 6.70. The van der Waals surface area contributed by atoms with Gasteiger partial charge >= 0.3 is 0 Å². The van der Waals surface area contributed by atoms with Crippen molar-refractivity contribution in [3.63, 3.8) is 0 Å². The van der Waals surface area contributed by atoms with Crippen molar-refractivity contribution >= 4 is 5.78 Å². The zero-order chi connectivity index (χ0) is 14.8. The van der Waals surface area contributed by atoms with Gasteiger partial charge in [0.25, 0.3) is 0 Å². The molecule has 0 heterocycles. The Kier molecular flexibility index (Phi) is 4.73. The highest BCUT2D eigenvalue weighted by Gasteiger charge is 2.16. The molecule has 1 aromatic carbocycles. The summed E-state index contributed by atoms with van der Waals surface area (Å²) in [6, 6.07) is 4.44. The van der Waals surface area contributed by atoms with Crippen LogP contribution in [0.25, 0.3) is 0 Å². The summed E-state index contributed by atoms with van der Waals surface area (Å²) in [7, 11) is 0. The summed E-state index contributed by atoms with van der Waals surface area (Å²) >= 11 is 0. The topological polar surface area (TPSA) is 17.1 Å². The van der Waals surface area contributed by atoms with E-state index in [0.29, 0.717) is 6.42 Å². The van der Waals surface area contributed by atoms with Gasteiger partial charge in [-0.1, -0.05) is 38.5 Å². The zero-order valence-corrected chi connectivity index (χ0v) is 13.3. The van der Waals surface area contributed by atoms with Crippen LogP contribution in [-0.2, 0) is 16.6 Å². The van der Waals surface area contributed by atoms with Gasteiger partial charge in [-0.2, -0.15) is 0 Å². The van der Waals surface area contributed by atoms with Crippen LogP contribution in [0.15, 0.2) is 23.8 Å². The van der Waals surface area contributed by atoms with Crippen LogP contribution in [0.5, 0.6) is 0 Å². The Morgan fingerprint density at radius 1 is 1.11 bits per heavy atom. The number of hydrogen-bond donors (Lipinski definition) is 0. The molecule has 0 saturated carbocycles. The molecule has 0 saturated heterocycles. The molecule has 0 radical (unpaired) electrons. The van der Waals surface area contributed by atoms with Gasteiger partial charge in [-0.3, -0.25) is 4.79 Å². The van der Waals surface area contributed by atoms with E-state index in [1.54, 1.807) is 6.08 Å². The second-order valence-electron chi connectivity index (χ2n) is 6.70. The number of ketones is 1. The maximum absolute atomic E-state index is 11.9. The molecule has 0 atom stereocenters. The highest BCUT2D eigenvalue weighted by Crippen LogP contribution is 2.27. The molecule has 0 fully saturated rings. The lowest BCUT2D eigenvalue weighted by Gasteiger charge is -2.22. The van der Waals surface area contributed by atoms with Crippen LogP contribution < -0.4 is 0 Å². The minimum atomic E-state index is 0.151. The standard InChI is InChI=1S/C18H26O/c1-12(2)8-16(19)11-17-13(3)9-15(10-14(17)4)18(5,6)7/h8-10H,11H2,1-7H3. The third-order valence-corrected chi connectivity index (χ3v) is 3.36. The van der Waals surface area contributed by atoms with Crippen molar-refractivity contribution in [2.24, 2.45) is 0 Å². The van der Waals surface area contributed by atoms with Crippen LogP contribution in [0, 0.1) is 13.8 Å². The van der Waals surface area contributed by atoms with E-state index in [2.05, 4.69) is 46.8 Å².